The minimum absolute atomic E-state index is 0.252. The summed E-state index contributed by atoms with van der Waals surface area (Å²) in [7, 11) is 3.71. The number of fused-ring (bicyclic) bond motifs is 1. The number of carbonyl (C=O) groups is 2. The van der Waals surface area contributed by atoms with Crippen LogP contribution >= 0.6 is 11.3 Å². The molecule has 0 radical (unpaired) electrons. The second-order valence-electron chi connectivity index (χ2n) is 6.24. The Hall–Kier alpha value is -2.38. The third-order valence-electron chi connectivity index (χ3n) is 4.41. The van der Waals surface area contributed by atoms with E-state index in [0.29, 0.717) is 28.5 Å². The summed E-state index contributed by atoms with van der Waals surface area (Å²) in [5.74, 6) is 0.0680. The van der Waals surface area contributed by atoms with Gasteiger partial charge in [-0.3, -0.25) is 4.79 Å². The summed E-state index contributed by atoms with van der Waals surface area (Å²) in [5, 5.41) is 3.48. The highest BCUT2D eigenvalue weighted by Crippen LogP contribution is 2.35. The first-order chi connectivity index (χ1) is 12.5. The summed E-state index contributed by atoms with van der Waals surface area (Å²) in [6.45, 7) is 3.90. The Bertz CT molecular complexity index is 814. The van der Waals surface area contributed by atoms with Gasteiger partial charge in [0.05, 0.1) is 37.7 Å². The highest BCUT2D eigenvalue weighted by Gasteiger charge is 2.30. The van der Waals surface area contributed by atoms with Crippen molar-refractivity contribution in [3.05, 3.63) is 45.8 Å². The zero-order valence-electron chi connectivity index (χ0n) is 15.2. The van der Waals surface area contributed by atoms with Crippen molar-refractivity contribution in [3.63, 3.8) is 0 Å². The molecule has 0 aliphatic carbocycles. The van der Waals surface area contributed by atoms with Crippen molar-refractivity contribution in [1.82, 2.24) is 0 Å². The van der Waals surface area contributed by atoms with Gasteiger partial charge in [0.25, 0.3) is 5.91 Å². The maximum Gasteiger partial charge on any atom is 0.341 e. The topological polar surface area (TPSA) is 69.1 Å². The molecule has 0 bridgehead atoms. The van der Waals surface area contributed by atoms with E-state index in [4.69, 9.17) is 9.47 Å². The number of likely N-dealkylation sites (N-methyl/N-ethyl adjacent to an activating group) is 1. The summed E-state index contributed by atoms with van der Waals surface area (Å²) in [6, 6.07) is 6.87. The Kier molecular flexibility index (Phi) is 5.58. The number of methoxy groups -OCH3 is 1. The Morgan fingerprint density at radius 3 is 2.65 bits per heavy atom. The predicted molar refractivity (Wildman–Crippen MR) is 100 cm³/mol. The van der Waals surface area contributed by atoms with E-state index in [9.17, 15) is 9.59 Å². The van der Waals surface area contributed by atoms with E-state index in [-0.39, 0.29) is 11.9 Å². The molecule has 2 heterocycles. The van der Waals surface area contributed by atoms with Gasteiger partial charge in [-0.25, -0.2) is 4.79 Å². The summed E-state index contributed by atoms with van der Waals surface area (Å²) in [6.07, 6.45) is 0.810. The number of carbonyl (C=O) groups excluding carboxylic acids is 2. The molecule has 26 heavy (non-hydrogen) atoms. The molecule has 3 rings (SSSR count). The average molecular weight is 375 g/mol. The fourth-order valence-electron chi connectivity index (χ4n) is 3.05. The minimum atomic E-state index is -0.366. The Morgan fingerprint density at radius 1 is 1.27 bits per heavy atom. The van der Waals surface area contributed by atoms with Crippen molar-refractivity contribution in [2.45, 2.75) is 19.9 Å². The van der Waals surface area contributed by atoms with Crippen molar-refractivity contribution < 1.29 is 24.0 Å². The van der Waals surface area contributed by atoms with Crippen LogP contribution in [0.1, 0.15) is 38.1 Å². The van der Waals surface area contributed by atoms with Crippen LogP contribution in [0.25, 0.3) is 0 Å². The average Bonchev–Trinajstić information content (AvgIpc) is 2.98. The lowest BCUT2D eigenvalue weighted by Crippen LogP contribution is -3.08. The molecule has 1 aliphatic rings. The molecular formula is C19H23N2O4S+. The van der Waals surface area contributed by atoms with Gasteiger partial charge in [-0.1, -0.05) is 0 Å². The van der Waals surface area contributed by atoms with Gasteiger partial charge >= 0.3 is 5.97 Å². The van der Waals surface area contributed by atoms with Crippen LogP contribution in [0, 0.1) is 0 Å². The summed E-state index contributed by atoms with van der Waals surface area (Å²) in [5.41, 5.74) is 2.04. The second kappa shape index (κ2) is 7.88. The number of ether oxygens (including phenoxy) is 2. The number of anilines is 1. The zero-order chi connectivity index (χ0) is 18.7. The van der Waals surface area contributed by atoms with Gasteiger partial charge < -0.3 is 19.7 Å². The molecular weight excluding hydrogens is 352 g/mol. The first-order valence-corrected chi connectivity index (χ1v) is 9.43. The van der Waals surface area contributed by atoms with E-state index in [1.807, 2.05) is 0 Å². The minimum Gasteiger partial charge on any atom is -0.497 e. The van der Waals surface area contributed by atoms with Gasteiger partial charge in [0.15, 0.2) is 0 Å². The molecule has 1 atom stereocenters. The second-order valence-corrected chi connectivity index (χ2v) is 7.35. The Morgan fingerprint density at radius 2 is 2.00 bits per heavy atom. The molecule has 138 valence electrons. The number of thiophene rings is 1. The first-order valence-electron chi connectivity index (χ1n) is 8.61. The molecule has 1 unspecified atom stereocenters. The number of esters is 1. The third-order valence-corrected chi connectivity index (χ3v) is 5.56. The van der Waals surface area contributed by atoms with E-state index in [0.717, 1.165) is 30.0 Å². The number of rotatable bonds is 5. The molecule has 6 nitrogen and oxygen atoms in total. The molecule has 2 aromatic rings. The van der Waals surface area contributed by atoms with Gasteiger partial charge in [-0.15, -0.1) is 11.3 Å². The maximum absolute atomic E-state index is 12.6. The molecule has 1 aromatic carbocycles. The normalized spacial score (nSPS) is 15.9. The molecule has 2 N–H and O–H groups in total. The van der Waals surface area contributed by atoms with Crippen LogP contribution in [-0.4, -0.2) is 39.2 Å². The molecule has 7 heteroatoms. The summed E-state index contributed by atoms with van der Waals surface area (Å²) < 4.78 is 10.3. The molecule has 0 fully saturated rings. The lowest BCUT2D eigenvalue weighted by Gasteiger charge is -2.19. The van der Waals surface area contributed by atoms with E-state index < -0.39 is 0 Å². The van der Waals surface area contributed by atoms with Gasteiger partial charge in [0.2, 0.25) is 0 Å². The maximum atomic E-state index is 12.6. The van der Waals surface area contributed by atoms with E-state index >= 15 is 0 Å². The fraction of sp³-hybridized carbons (Fsp3) is 0.368. The molecule has 1 aromatic heterocycles. The van der Waals surface area contributed by atoms with Crippen molar-refractivity contribution in [1.29, 1.82) is 0 Å². The largest absolute Gasteiger partial charge is 0.497 e. The Balaban J connectivity index is 1.90. The van der Waals surface area contributed by atoms with Gasteiger partial charge in [0, 0.05) is 12.0 Å². The monoisotopic (exact) mass is 375 g/mol. The van der Waals surface area contributed by atoms with E-state index in [1.165, 1.54) is 16.2 Å². The van der Waals surface area contributed by atoms with E-state index in [2.05, 4.69) is 12.4 Å². The lowest BCUT2D eigenvalue weighted by molar-refractivity contribution is -0.895. The van der Waals surface area contributed by atoms with Crippen LogP contribution in [0.15, 0.2) is 24.3 Å². The first kappa shape index (κ1) is 18.4. The van der Waals surface area contributed by atoms with Crippen molar-refractivity contribution >= 4 is 28.2 Å². The van der Waals surface area contributed by atoms with Gasteiger partial charge in [0.1, 0.15) is 17.3 Å². The SMILES string of the molecule is CCOC(=O)c1c(NC(=O)c2ccc(OC)cc2)sc2c1CC[NH+](C)C2. The molecule has 1 amide bonds. The summed E-state index contributed by atoms with van der Waals surface area (Å²) >= 11 is 1.47. The van der Waals surface area contributed by atoms with Crippen LogP contribution in [0.5, 0.6) is 5.75 Å². The number of hydrogen-bond acceptors (Lipinski definition) is 5. The van der Waals surface area contributed by atoms with Crippen LogP contribution in [-0.2, 0) is 17.7 Å². The van der Waals surface area contributed by atoms with Crippen LogP contribution in [0.4, 0.5) is 5.00 Å². The van der Waals surface area contributed by atoms with Gasteiger partial charge in [-0.2, -0.15) is 0 Å². The number of quaternary nitrogens is 1. The highest BCUT2D eigenvalue weighted by atomic mass is 32.1. The Labute approximate surface area is 156 Å². The van der Waals surface area contributed by atoms with Crippen molar-refractivity contribution in [3.8, 4) is 5.75 Å². The fourth-order valence-corrected chi connectivity index (χ4v) is 4.39. The van der Waals surface area contributed by atoms with Crippen molar-refractivity contribution in [2.75, 3.05) is 32.6 Å². The smallest absolute Gasteiger partial charge is 0.341 e. The number of amides is 1. The zero-order valence-corrected chi connectivity index (χ0v) is 16.0. The standard InChI is InChI=1S/C19H22N2O4S/c1-4-25-19(23)16-14-9-10-21(2)11-15(14)26-18(16)20-17(22)12-5-7-13(24-3)8-6-12/h5-8H,4,9-11H2,1-3H3,(H,20,22)/p+1. The third kappa shape index (κ3) is 3.73. The number of nitrogens with one attached hydrogen (secondary N) is 2. The molecule has 0 saturated heterocycles. The van der Waals surface area contributed by atoms with Crippen LogP contribution < -0.4 is 15.0 Å². The highest BCUT2D eigenvalue weighted by molar-refractivity contribution is 7.17. The molecule has 0 spiro atoms. The molecule has 0 saturated carbocycles. The van der Waals surface area contributed by atoms with E-state index in [1.54, 1.807) is 38.3 Å². The van der Waals surface area contributed by atoms with Crippen LogP contribution in [0.2, 0.25) is 0 Å². The molecule has 1 aliphatic heterocycles. The number of hydrogen-bond donors (Lipinski definition) is 2. The lowest BCUT2D eigenvalue weighted by atomic mass is 10.0. The van der Waals surface area contributed by atoms with Crippen LogP contribution in [0.3, 0.4) is 0 Å². The quantitative estimate of drug-likeness (QED) is 0.782. The number of benzene rings is 1. The predicted octanol–water partition coefficient (Wildman–Crippen LogP) is 1.76. The summed E-state index contributed by atoms with van der Waals surface area (Å²) in [4.78, 5) is 27.6. The van der Waals surface area contributed by atoms with Gasteiger partial charge in [-0.05, 0) is 36.8 Å². The van der Waals surface area contributed by atoms with Crippen molar-refractivity contribution in [2.24, 2.45) is 0 Å².